The Morgan fingerprint density at radius 2 is 2.38 bits per heavy atom. The molecule has 1 saturated heterocycles. The zero-order chi connectivity index (χ0) is 9.26. The van der Waals surface area contributed by atoms with Gasteiger partial charge in [0.2, 0.25) is 0 Å². The summed E-state index contributed by atoms with van der Waals surface area (Å²) in [6.45, 7) is 5.54. The van der Waals surface area contributed by atoms with E-state index < -0.39 is 0 Å². The Morgan fingerprint density at radius 1 is 1.54 bits per heavy atom. The van der Waals surface area contributed by atoms with Crippen LogP contribution in [-0.2, 0) is 0 Å². The van der Waals surface area contributed by atoms with Gasteiger partial charge in [0.05, 0.1) is 11.7 Å². The summed E-state index contributed by atoms with van der Waals surface area (Å²) in [4.78, 5) is 4.43. The number of hydrogen-bond acceptors (Lipinski definition) is 2. The summed E-state index contributed by atoms with van der Waals surface area (Å²) in [7, 11) is 0. The number of nitrogens with one attached hydrogen (secondary N) is 1. The number of nitrogens with zero attached hydrogens (tertiary/aromatic N) is 1. The maximum Gasteiger partial charge on any atom is 0.0602 e. The standard InChI is InChI=1S/C11H16N2/c1-8-6-10(13-7-8)11-9(2)4-3-5-12-11/h3-5,8,10,13H,6-7H2,1-2H3/t8-,10-/m0/s1. The molecule has 1 aliphatic rings. The monoisotopic (exact) mass is 176 g/mol. The molecule has 2 heterocycles. The molecule has 1 aromatic heterocycles. The quantitative estimate of drug-likeness (QED) is 0.708. The smallest absolute Gasteiger partial charge is 0.0602 e. The molecule has 1 N–H and O–H groups in total. The lowest BCUT2D eigenvalue weighted by Crippen LogP contribution is -2.15. The maximum atomic E-state index is 4.43. The van der Waals surface area contributed by atoms with Crippen molar-refractivity contribution in [3.63, 3.8) is 0 Å². The minimum absolute atomic E-state index is 0.483. The van der Waals surface area contributed by atoms with E-state index >= 15 is 0 Å². The molecular formula is C11H16N2. The highest BCUT2D eigenvalue weighted by Crippen LogP contribution is 2.26. The Balaban J connectivity index is 2.21. The highest BCUT2D eigenvalue weighted by Gasteiger charge is 2.23. The van der Waals surface area contributed by atoms with E-state index in [2.05, 4.69) is 30.2 Å². The van der Waals surface area contributed by atoms with Crippen LogP contribution in [0.4, 0.5) is 0 Å². The number of pyridine rings is 1. The van der Waals surface area contributed by atoms with Crippen LogP contribution >= 0.6 is 0 Å². The Kier molecular flexibility index (Phi) is 2.32. The van der Waals surface area contributed by atoms with Crippen LogP contribution in [0.25, 0.3) is 0 Å². The van der Waals surface area contributed by atoms with Gasteiger partial charge in [-0.15, -0.1) is 0 Å². The first kappa shape index (κ1) is 8.70. The van der Waals surface area contributed by atoms with Crippen LogP contribution in [-0.4, -0.2) is 11.5 Å². The Hall–Kier alpha value is -0.890. The van der Waals surface area contributed by atoms with Crippen molar-refractivity contribution in [2.24, 2.45) is 5.92 Å². The zero-order valence-corrected chi connectivity index (χ0v) is 8.25. The molecule has 1 fully saturated rings. The fourth-order valence-electron chi connectivity index (χ4n) is 1.98. The van der Waals surface area contributed by atoms with Gasteiger partial charge in [0.1, 0.15) is 0 Å². The average molecular weight is 176 g/mol. The van der Waals surface area contributed by atoms with Crippen molar-refractivity contribution in [1.82, 2.24) is 10.3 Å². The van der Waals surface area contributed by atoms with Crippen LogP contribution in [0.5, 0.6) is 0 Å². The van der Waals surface area contributed by atoms with Crippen molar-refractivity contribution < 1.29 is 0 Å². The molecule has 0 bridgehead atoms. The molecule has 70 valence electrons. The van der Waals surface area contributed by atoms with Gasteiger partial charge >= 0.3 is 0 Å². The van der Waals surface area contributed by atoms with Crippen molar-refractivity contribution in [1.29, 1.82) is 0 Å². The number of aromatic nitrogens is 1. The Bertz CT molecular complexity index is 296. The van der Waals surface area contributed by atoms with Crippen molar-refractivity contribution in [2.45, 2.75) is 26.3 Å². The van der Waals surface area contributed by atoms with Gasteiger partial charge < -0.3 is 5.32 Å². The highest BCUT2D eigenvalue weighted by atomic mass is 15.0. The van der Waals surface area contributed by atoms with E-state index in [1.54, 1.807) is 0 Å². The normalized spacial score (nSPS) is 27.8. The predicted octanol–water partition coefficient (Wildman–Crippen LogP) is 2.06. The maximum absolute atomic E-state index is 4.43. The second kappa shape index (κ2) is 3.46. The molecule has 2 heteroatoms. The van der Waals surface area contributed by atoms with Gasteiger partial charge in [-0.1, -0.05) is 13.0 Å². The van der Waals surface area contributed by atoms with Crippen molar-refractivity contribution >= 4 is 0 Å². The second-order valence-electron chi connectivity index (χ2n) is 4.01. The molecule has 2 nitrogen and oxygen atoms in total. The topological polar surface area (TPSA) is 24.9 Å². The molecule has 0 radical (unpaired) electrons. The van der Waals surface area contributed by atoms with Crippen LogP contribution < -0.4 is 5.32 Å². The van der Waals surface area contributed by atoms with E-state index in [0.717, 1.165) is 12.5 Å². The van der Waals surface area contributed by atoms with Gasteiger partial charge in [0, 0.05) is 6.20 Å². The summed E-state index contributed by atoms with van der Waals surface area (Å²) in [5.41, 5.74) is 2.53. The molecule has 0 aliphatic carbocycles. The highest BCUT2D eigenvalue weighted by molar-refractivity contribution is 5.21. The molecule has 1 aromatic rings. The van der Waals surface area contributed by atoms with Gasteiger partial charge in [-0.25, -0.2) is 0 Å². The van der Waals surface area contributed by atoms with Gasteiger partial charge in [-0.3, -0.25) is 4.98 Å². The van der Waals surface area contributed by atoms with Crippen LogP contribution in [0.15, 0.2) is 18.3 Å². The largest absolute Gasteiger partial charge is 0.308 e. The minimum atomic E-state index is 0.483. The third kappa shape index (κ3) is 1.73. The molecule has 0 unspecified atom stereocenters. The first-order chi connectivity index (χ1) is 6.27. The third-order valence-corrected chi connectivity index (χ3v) is 2.73. The summed E-state index contributed by atoms with van der Waals surface area (Å²) in [5.74, 6) is 0.784. The summed E-state index contributed by atoms with van der Waals surface area (Å²) >= 11 is 0. The van der Waals surface area contributed by atoms with E-state index in [1.807, 2.05) is 12.3 Å². The van der Waals surface area contributed by atoms with E-state index in [-0.39, 0.29) is 0 Å². The molecule has 0 saturated carbocycles. The zero-order valence-electron chi connectivity index (χ0n) is 8.25. The van der Waals surface area contributed by atoms with E-state index in [1.165, 1.54) is 17.7 Å². The molecule has 0 spiro atoms. The second-order valence-corrected chi connectivity index (χ2v) is 4.01. The summed E-state index contributed by atoms with van der Waals surface area (Å²) in [5, 5.41) is 3.50. The molecule has 0 aromatic carbocycles. The first-order valence-corrected chi connectivity index (χ1v) is 4.92. The molecular weight excluding hydrogens is 160 g/mol. The van der Waals surface area contributed by atoms with Gasteiger partial charge in [-0.2, -0.15) is 0 Å². The van der Waals surface area contributed by atoms with Crippen molar-refractivity contribution in [3.05, 3.63) is 29.6 Å². The average Bonchev–Trinajstić information content (AvgIpc) is 2.53. The van der Waals surface area contributed by atoms with Crippen LogP contribution in [0.3, 0.4) is 0 Å². The molecule has 1 aliphatic heterocycles. The van der Waals surface area contributed by atoms with Gasteiger partial charge in [0.25, 0.3) is 0 Å². The molecule has 2 rings (SSSR count). The Labute approximate surface area is 79.4 Å². The summed E-state index contributed by atoms with van der Waals surface area (Å²) in [6.07, 6.45) is 3.10. The Morgan fingerprint density at radius 3 is 3.00 bits per heavy atom. The molecule has 13 heavy (non-hydrogen) atoms. The fraction of sp³-hybridized carbons (Fsp3) is 0.545. The summed E-state index contributed by atoms with van der Waals surface area (Å²) in [6, 6.07) is 4.61. The number of rotatable bonds is 1. The lowest BCUT2D eigenvalue weighted by molar-refractivity contribution is 0.596. The predicted molar refractivity (Wildman–Crippen MR) is 53.5 cm³/mol. The van der Waals surface area contributed by atoms with E-state index in [9.17, 15) is 0 Å². The lowest BCUT2D eigenvalue weighted by Gasteiger charge is -2.11. The number of hydrogen-bond donors (Lipinski definition) is 1. The first-order valence-electron chi connectivity index (χ1n) is 4.92. The molecule has 0 amide bonds. The SMILES string of the molecule is Cc1cccnc1[C@@H]1C[C@H](C)CN1. The van der Waals surface area contributed by atoms with Gasteiger partial charge in [0.15, 0.2) is 0 Å². The summed E-state index contributed by atoms with van der Waals surface area (Å²) < 4.78 is 0. The van der Waals surface area contributed by atoms with Crippen LogP contribution in [0, 0.1) is 12.8 Å². The molecule has 2 atom stereocenters. The van der Waals surface area contributed by atoms with Crippen LogP contribution in [0.2, 0.25) is 0 Å². The van der Waals surface area contributed by atoms with Crippen molar-refractivity contribution in [3.8, 4) is 0 Å². The minimum Gasteiger partial charge on any atom is -0.308 e. The van der Waals surface area contributed by atoms with Crippen molar-refractivity contribution in [2.75, 3.05) is 6.54 Å². The van der Waals surface area contributed by atoms with E-state index in [0.29, 0.717) is 6.04 Å². The third-order valence-electron chi connectivity index (χ3n) is 2.73. The fourth-order valence-corrected chi connectivity index (χ4v) is 1.98. The lowest BCUT2D eigenvalue weighted by atomic mass is 10.0. The van der Waals surface area contributed by atoms with E-state index in [4.69, 9.17) is 0 Å². The van der Waals surface area contributed by atoms with Gasteiger partial charge in [-0.05, 0) is 37.4 Å². The number of aryl methyl sites for hydroxylation is 1. The van der Waals surface area contributed by atoms with Crippen LogP contribution in [0.1, 0.15) is 30.6 Å².